The van der Waals surface area contributed by atoms with E-state index in [0.29, 0.717) is 2.75 Å². The number of allylic oxidation sites excluding steroid dienone is 8. The Balaban J connectivity index is 0. The van der Waals surface area contributed by atoms with Crippen LogP contribution in [0.25, 0.3) is 0 Å². The molecule has 22 heavy (non-hydrogen) atoms. The van der Waals surface area contributed by atoms with Crippen molar-refractivity contribution in [3.63, 3.8) is 0 Å². The SMILES string of the molecule is CC1=CC(C)=C([C]([Zr+3])(C2=C(C)C=C(C)C2)[SiH](C)C)C1.[Cl-].[Cl-].[Cl-]. The Morgan fingerprint density at radius 1 is 0.818 bits per heavy atom. The number of halogens is 3. The molecule has 0 saturated carbocycles. The van der Waals surface area contributed by atoms with Crippen LogP contribution in [0.4, 0.5) is 0 Å². The molecule has 0 aliphatic heterocycles. The third-order valence-corrected chi connectivity index (χ3v) is 12.8. The van der Waals surface area contributed by atoms with Gasteiger partial charge in [-0.3, -0.25) is 0 Å². The maximum Gasteiger partial charge on any atom is -1.00 e. The summed E-state index contributed by atoms with van der Waals surface area (Å²) in [6.45, 7) is 14.3. The van der Waals surface area contributed by atoms with Crippen molar-refractivity contribution >= 4 is 8.80 Å². The van der Waals surface area contributed by atoms with Gasteiger partial charge in [-0.15, -0.1) is 0 Å². The van der Waals surface area contributed by atoms with E-state index in [-0.39, 0.29) is 37.2 Å². The molecule has 0 heterocycles. The summed E-state index contributed by atoms with van der Waals surface area (Å²) in [5.41, 5.74) is 9.72. The summed E-state index contributed by atoms with van der Waals surface area (Å²) >= 11 is 1.72. The van der Waals surface area contributed by atoms with Crippen molar-refractivity contribution in [3.05, 3.63) is 45.6 Å². The minimum atomic E-state index is -0.781. The first-order chi connectivity index (χ1) is 8.76. The second kappa shape index (κ2) is 9.42. The maximum absolute atomic E-state index is 2.54. The van der Waals surface area contributed by atoms with E-state index >= 15 is 0 Å². The fourth-order valence-corrected chi connectivity index (χ4v) is 7.09. The minimum absolute atomic E-state index is 0. The van der Waals surface area contributed by atoms with Crippen LogP contribution in [-0.4, -0.2) is 8.80 Å². The maximum atomic E-state index is 2.54. The van der Waals surface area contributed by atoms with Gasteiger partial charge in [0.2, 0.25) is 0 Å². The second-order valence-corrected chi connectivity index (χ2v) is 13.2. The summed E-state index contributed by atoms with van der Waals surface area (Å²) in [5.74, 6) is 0. The Hall–Kier alpha value is 0.930. The summed E-state index contributed by atoms with van der Waals surface area (Å²) in [4.78, 5) is 0. The summed E-state index contributed by atoms with van der Waals surface area (Å²) in [6, 6.07) is 0. The molecular formula is C17H25Cl3SiZr. The molecule has 0 N–H and O–H groups in total. The summed E-state index contributed by atoms with van der Waals surface area (Å²) < 4.78 is 0.448. The van der Waals surface area contributed by atoms with Crippen LogP contribution in [0, 0.1) is 0 Å². The van der Waals surface area contributed by atoms with Crippen LogP contribution in [0.15, 0.2) is 45.6 Å². The van der Waals surface area contributed by atoms with Crippen molar-refractivity contribution < 1.29 is 61.9 Å². The van der Waals surface area contributed by atoms with E-state index in [1.807, 2.05) is 0 Å². The van der Waals surface area contributed by atoms with Gasteiger partial charge in [-0.25, -0.2) is 0 Å². The van der Waals surface area contributed by atoms with Crippen molar-refractivity contribution in [2.45, 2.75) is 56.4 Å². The fraction of sp³-hybridized carbons (Fsp3) is 0.529. The van der Waals surface area contributed by atoms with Gasteiger partial charge in [-0.05, 0) is 0 Å². The summed E-state index contributed by atoms with van der Waals surface area (Å²) in [7, 11) is -0.781. The first kappa shape index (κ1) is 25.2. The van der Waals surface area contributed by atoms with Crippen molar-refractivity contribution in [2.24, 2.45) is 0 Å². The van der Waals surface area contributed by atoms with E-state index in [2.05, 4.69) is 52.9 Å². The van der Waals surface area contributed by atoms with Gasteiger partial charge in [-0.1, -0.05) is 0 Å². The topological polar surface area (TPSA) is 0 Å². The zero-order valence-electron chi connectivity index (χ0n) is 14.3. The van der Waals surface area contributed by atoms with E-state index in [1.165, 1.54) is 12.8 Å². The van der Waals surface area contributed by atoms with Crippen LogP contribution < -0.4 is 37.2 Å². The third-order valence-electron chi connectivity index (χ3n) is 4.61. The quantitative estimate of drug-likeness (QED) is 0.382. The Morgan fingerprint density at radius 3 is 1.32 bits per heavy atom. The van der Waals surface area contributed by atoms with Crippen LogP contribution in [0.5, 0.6) is 0 Å². The van der Waals surface area contributed by atoms with Gasteiger partial charge in [0.25, 0.3) is 0 Å². The van der Waals surface area contributed by atoms with E-state index in [0.717, 1.165) is 0 Å². The van der Waals surface area contributed by atoms with Crippen molar-refractivity contribution in [1.29, 1.82) is 0 Å². The molecule has 2 aliphatic rings. The molecule has 2 aliphatic carbocycles. The van der Waals surface area contributed by atoms with Crippen LogP contribution in [0.2, 0.25) is 15.8 Å². The van der Waals surface area contributed by atoms with E-state index in [9.17, 15) is 0 Å². The normalized spacial score (nSPS) is 17.9. The molecule has 0 fully saturated rings. The van der Waals surface area contributed by atoms with Gasteiger partial charge >= 0.3 is 135 Å². The number of rotatable bonds is 3. The molecule has 0 aromatic heterocycles. The summed E-state index contributed by atoms with van der Waals surface area (Å²) in [6.07, 6.45) is 7.27. The van der Waals surface area contributed by atoms with Crippen molar-refractivity contribution in [3.8, 4) is 0 Å². The molecule has 0 amide bonds. The molecule has 0 radical (unpaired) electrons. The predicted octanol–water partition coefficient (Wildman–Crippen LogP) is -3.94. The Bertz CT molecular complexity index is 500. The minimum Gasteiger partial charge on any atom is -1.00 e. The molecule has 5 heteroatoms. The van der Waals surface area contributed by atoms with Crippen LogP contribution in [0.1, 0.15) is 40.5 Å². The van der Waals surface area contributed by atoms with Gasteiger partial charge in [0.05, 0.1) is 0 Å². The number of hydrogen-bond acceptors (Lipinski definition) is 0. The molecule has 0 nitrogen and oxygen atoms in total. The largest absolute Gasteiger partial charge is 1.00 e. The van der Waals surface area contributed by atoms with Gasteiger partial charge in [0.15, 0.2) is 0 Å². The molecular weight excluding hydrogens is 430 g/mol. The zero-order valence-corrected chi connectivity index (χ0v) is 20.2. The predicted molar refractivity (Wildman–Crippen MR) is 83.7 cm³/mol. The van der Waals surface area contributed by atoms with Gasteiger partial charge < -0.3 is 37.2 Å². The van der Waals surface area contributed by atoms with Gasteiger partial charge in [0.1, 0.15) is 0 Å². The Labute approximate surface area is 171 Å². The van der Waals surface area contributed by atoms with Gasteiger partial charge in [-0.2, -0.15) is 0 Å². The molecule has 0 spiro atoms. The molecule has 0 bridgehead atoms. The van der Waals surface area contributed by atoms with E-state index in [1.54, 1.807) is 58.2 Å². The fourth-order valence-electron chi connectivity index (χ4n) is 3.63. The summed E-state index contributed by atoms with van der Waals surface area (Å²) in [5, 5.41) is 0. The standard InChI is InChI=1S/C17H25Si.3ClH.Zr/c1-11-7-13(3)15(9-11)17(18(5)6)16-10-12(2)8-14(16)4;;;;/h7-8,18H,9-10H2,1-6H3;3*1H;/q;;;;+3/p-3. The monoisotopic (exact) mass is 452 g/mol. The van der Waals surface area contributed by atoms with Crippen LogP contribution in [-0.2, 0) is 24.7 Å². The average molecular weight is 455 g/mol. The Morgan fingerprint density at radius 2 is 1.14 bits per heavy atom. The Kier molecular flexibility index (Phi) is 10.8. The van der Waals surface area contributed by atoms with Gasteiger partial charge in [0, 0.05) is 0 Å². The van der Waals surface area contributed by atoms with Crippen LogP contribution in [0.3, 0.4) is 0 Å². The number of hydrogen-bond donors (Lipinski definition) is 0. The molecule has 0 atom stereocenters. The second-order valence-electron chi connectivity index (χ2n) is 6.62. The van der Waals surface area contributed by atoms with Crippen molar-refractivity contribution in [2.75, 3.05) is 0 Å². The van der Waals surface area contributed by atoms with Crippen LogP contribution >= 0.6 is 0 Å². The smallest absolute Gasteiger partial charge is 1.00 e. The molecule has 2 rings (SSSR count). The van der Waals surface area contributed by atoms with Crippen molar-refractivity contribution in [1.82, 2.24) is 0 Å². The zero-order chi connectivity index (χ0) is 14.4. The molecule has 0 aromatic rings. The molecule has 0 aromatic carbocycles. The molecule has 0 unspecified atom stereocenters. The molecule has 122 valence electrons. The first-order valence-electron chi connectivity index (χ1n) is 7.26. The van der Waals surface area contributed by atoms with E-state index in [4.69, 9.17) is 0 Å². The average Bonchev–Trinajstić information content (AvgIpc) is 2.80. The first-order valence-corrected chi connectivity index (χ1v) is 11.4. The van der Waals surface area contributed by atoms with E-state index < -0.39 is 8.80 Å². The molecule has 0 saturated heterocycles. The third kappa shape index (κ3) is 4.51.